The SMILES string of the molecule is CC.COc1nccc(N)c1C. The fourth-order valence-electron chi connectivity index (χ4n) is 0.736. The highest BCUT2D eigenvalue weighted by molar-refractivity contribution is 5.49. The summed E-state index contributed by atoms with van der Waals surface area (Å²) in [5, 5.41) is 0. The summed E-state index contributed by atoms with van der Waals surface area (Å²) in [5.74, 6) is 0.597. The minimum absolute atomic E-state index is 0.597. The average Bonchev–Trinajstić information content (AvgIpc) is 2.13. The molecule has 0 radical (unpaired) electrons. The molecule has 0 bridgehead atoms. The van der Waals surface area contributed by atoms with Crippen LogP contribution in [0.4, 0.5) is 5.69 Å². The Morgan fingerprint density at radius 2 is 2.00 bits per heavy atom. The van der Waals surface area contributed by atoms with Gasteiger partial charge >= 0.3 is 0 Å². The van der Waals surface area contributed by atoms with Crippen molar-refractivity contribution in [1.82, 2.24) is 4.98 Å². The third-order valence-electron chi connectivity index (χ3n) is 1.39. The van der Waals surface area contributed by atoms with E-state index in [2.05, 4.69) is 4.98 Å². The van der Waals surface area contributed by atoms with Gasteiger partial charge in [-0.05, 0) is 13.0 Å². The van der Waals surface area contributed by atoms with Crippen molar-refractivity contribution < 1.29 is 4.74 Å². The highest BCUT2D eigenvalue weighted by Crippen LogP contribution is 2.18. The van der Waals surface area contributed by atoms with Gasteiger partial charge in [-0.2, -0.15) is 0 Å². The van der Waals surface area contributed by atoms with Crippen LogP contribution in [0.2, 0.25) is 0 Å². The van der Waals surface area contributed by atoms with Gasteiger partial charge in [0.25, 0.3) is 0 Å². The van der Waals surface area contributed by atoms with Gasteiger partial charge in [-0.1, -0.05) is 13.8 Å². The van der Waals surface area contributed by atoms with Crippen molar-refractivity contribution >= 4 is 5.69 Å². The Kier molecular flexibility index (Phi) is 4.84. The van der Waals surface area contributed by atoms with Crippen LogP contribution < -0.4 is 10.5 Å². The number of nitrogens with zero attached hydrogens (tertiary/aromatic N) is 1. The first kappa shape index (κ1) is 10.8. The molecule has 0 aliphatic rings. The zero-order chi connectivity index (χ0) is 9.56. The van der Waals surface area contributed by atoms with E-state index in [1.54, 1.807) is 19.4 Å². The normalized spacial score (nSPS) is 8.33. The standard InChI is InChI=1S/C7H10N2O.C2H6/c1-5-6(8)3-4-9-7(5)10-2;1-2/h3-4H,1-2H3,(H2,8,9);1-2H3. The fourth-order valence-corrected chi connectivity index (χ4v) is 0.736. The number of methoxy groups -OCH3 is 1. The summed E-state index contributed by atoms with van der Waals surface area (Å²) in [6, 6.07) is 1.75. The molecular weight excluding hydrogens is 152 g/mol. The van der Waals surface area contributed by atoms with Gasteiger partial charge in [0.05, 0.1) is 7.11 Å². The molecule has 0 spiro atoms. The van der Waals surface area contributed by atoms with Crippen LogP contribution in [-0.2, 0) is 0 Å². The summed E-state index contributed by atoms with van der Waals surface area (Å²) >= 11 is 0. The number of ether oxygens (including phenoxy) is 1. The third-order valence-corrected chi connectivity index (χ3v) is 1.39. The van der Waals surface area contributed by atoms with Gasteiger partial charge in [0.15, 0.2) is 0 Å². The van der Waals surface area contributed by atoms with E-state index in [-0.39, 0.29) is 0 Å². The number of nitrogen functional groups attached to an aromatic ring is 1. The molecule has 0 saturated carbocycles. The fraction of sp³-hybridized carbons (Fsp3) is 0.444. The van der Waals surface area contributed by atoms with E-state index in [0.717, 1.165) is 5.56 Å². The van der Waals surface area contributed by atoms with Crippen molar-refractivity contribution in [3.63, 3.8) is 0 Å². The van der Waals surface area contributed by atoms with Crippen molar-refractivity contribution in [3.05, 3.63) is 17.8 Å². The second kappa shape index (κ2) is 5.41. The lowest BCUT2D eigenvalue weighted by Gasteiger charge is -2.03. The van der Waals surface area contributed by atoms with E-state index in [0.29, 0.717) is 11.6 Å². The van der Waals surface area contributed by atoms with E-state index < -0.39 is 0 Å². The lowest BCUT2D eigenvalue weighted by atomic mass is 10.2. The van der Waals surface area contributed by atoms with Gasteiger partial charge in [-0.3, -0.25) is 0 Å². The molecule has 0 aliphatic heterocycles. The predicted octanol–water partition coefficient (Wildman–Crippen LogP) is 2.01. The molecule has 68 valence electrons. The quantitative estimate of drug-likeness (QED) is 0.697. The van der Waals surface area contributed by atoms with E-state index >= 15 is 0 Å². The number of anilines is 1. The van der Waals surface area contributed by atoms with E-state index in [9.17, 15) is 0 Å². The molecule has 0 saturated heterocycles. The van der Waals surface area contributed by atoms with Crippen molar-refractivity contribution in [1.29, 1.82) is 0 Å². The van der Waals surface area contributed by atoms with Crippen LogP contribution in [-0.4, -0.2) is 12.1 Å². The van der Waals surface area contributed by atoms with Crippen molar-refractivity contribution in [3.8, 4) is 5.88 Å². The predicted molar refractivity (Wildman–Crippen MR) is 51.3 cm³/mol. The minimum Gasteiger partial charge on any atom is -0.481 e. The van der Waals surface area contributed by atoms with Gasteiger partial charge in [0, 0.05) is 17.4 Å². The Balaban J connectivity index is 0.000000561. The van der Waals surface area contributed by atoms with Crippen LogP contribution in [0.1, 0.15) is 19.4 Å². The average molecular weight is 168 g/mol. The molecule has 1 aromatic rings. The number of pyridine rings is 1. The van der Waals surface area contributed by atoms with Crippen molar-refractivity contribution in [2.75, 3.05) is 12.8 Å². The first-order chi connectivity index (χ1) is 5.75. The van der Waals surface area contributed by atoms with E-state index in [1.807, 2.05) is 20.8 Å². The topological polar surface area (TPSA) is 48.1 Å². The van der Waals surface area contributed by atoms with Gasteiger partial charge in [-0.25, -0.2) is 4.98 Å². The van der Waals surface area contributed by atoms with Crippen LogP contribution in [0.5, 0.6) is 5.88 Å². The molecule has 0 atom stereocenters. The summed E-state index contributed by atoms with van der Waals surface area (Å²) in [5.41, 5.74) is 7.18. The van der Waals surface area contributed by atoms with Crippen LogP contribution in [0.3, 0.4) is 0 Å². The Morgan fingerprint density at radius 3 is 2.42 bits per heavy atom. The van der Waals surface area contributed by atoms with Crippen LogP contribution in [0, 0.1) is 6.92 Å². The monoisotopic (exact) mass is 168 g/mol. The first-order valence-corrected chi connectivity index (χ1v) is 4.00. The number of aromatic nitrogens is 1. The van der Waals surface area contributed by atoms with Crippen LogP contribution in [0.25, 0.3) is 0 Å². The summed E-state index contributed by atoms with van der Waals surface area (Å²) in [6.45, 7) is 5.88. The Hall–Kier alpha value is -1.25. The van der Waals surface area contributed by atoms with E-state index in [4.69, 9.17) is 10.5 Å². The second-order valence-corrected chi connectivity index (χ2v) is 2.03. The lowest BCUT2D eigenvalue weighted by molar-refractivity contribution is 0.395. The Morgan fingerprint density at radius 1 is 1.42 bits per heavy atom. The molecular formula is C9H16N2O. The molecule has 2 N–H and O–H groups in total. The minimum atomic E-state index is 0.597. The third kappa shape index (κ3) is 2.42. The molecule has 12 heavy (non-hydrogen) atoms. The van der Waals surface area contributed by atoms with E-state index in [1.165, 1.54) is 0 Å². The molecule has 0 aliphatic carbocycles. The second-order valence-electron chi connectivity index (χ2n) is 2.03. The summed E-state index contributed by atoms with van der Waals surface area (Å²) in [7, 11) is 1.58. The summed E-state index contributed by atoms with van der Waals surface area (Å²) < 4.78 is 4.93. The molecule has 0 aromatic carbocycles. The smallest absolute Gasteiger partial charge is 0.218 e. The van der Waals surface area contributed by atoms with Gasteiger partial charge in [0.2, 0.25) is 5.88 Å². The molecule has 1 heterocycles. The molecule has 1 rings (SSSR count). The van der Waals surface area contributed by atoms with Crippen molar-refractivity contribution in [2.45, 2.75) is 20.8 Å². The summed E-state index contributed by atoms with van der Waals surface area (Å²) in [4.78, 5) is 3.96. The highest BCUT2D eigenvalue weighted by Gasteiger charge is 1.99. The number of rotatable bonds is 1. The zero-order valence-corrected chi connectivity index (χ0v) is 8.09. The maximum absolute atomic E-state index is 5.58. The lowest BCUT2D eigenvalue weighted by Crippen LogP contribution is -1.95. The first-order valence-electron chi connectivity index (χ1n) is 4.00. The number of hydrogen-bond donors (Lipinski definition) is 1. The Labute approximate surface area is 73.6 Å². The molecule has 0 amide bonds. The van der Waals surface area contributed by atoms with Crippen LogP contribution in [0.15, 0.2) is 12.3 Å². The molecule has 1 aromatic heterocycles. The number of hydrogen-bond acceptors (Lipinski definition) is 3. The molecule has 3 nitrogen and oxygen atoms in total. The van der Waals surface area contributed by atoms with Gasteiger partial charge < -0.3 is 10.5 Å². The van der Waals surface area contributed by atoms with Gasteiger partial charge in [-0.15, -0.1) is 0 Å². The Bertz CT molecular complexity index is 236. The largest absolute Gasteiger partial charge is 0.481 e. The van der Waals surface area contributed by atoms with Gasteiger partial charge in [0.1, 0.15) is 0 Å². The van der Waals surface area contributed by atoms with Crippen molar-refractivity contribution in [2.24, 2.45) is 0 Å². The molecule has 0 unspecified atom stereocenters. The number of nitrogens with two attached hydrogens (primary N) is 1. The van der Waals surface area contributed by atoms with Crippen LogP contribution >= 0.6 is 0 Å². The molecule has 3 heteroatoms. The summed E-state index contributed by atoms with van der Waals surface area (Å²) in [6.07, 6.45) is 1.63. The highest BCUT2D eigenvalue weighted by atomic mass is 16.5. The maximum Gasteiger partial charge on any atom is 0.218 e. The zero-order valence-electron chi connectivity index (χ0n) is 8.09. The maximum atomic E-state index is 5.58. The molecule has 0 fully saturated rings.